The lowest BCUT2D eigenvalue weighted by Gasteiger charge is -2.38. The van der Waals surface area contributed by atoms with Gasteiger partial charge < -0.3 is 4.74 Å². The van der Waals surface area contributed by atoms with Gasteiger partial charge in [0, 0.05) is 13.1 Å². The fourth-order valence-corrected chi connectivity index (χ4v) is 3.46. The van der Waals surface area contributed by atoms with Crippen LogP contribution >= 0.6 is 0 Å². The monoisotopic (exact) mass is 377 g/mol. The van der Waals surface area contributed by atoms with Crippen LogP contribution in [-0.2, 0) is 9.53 Å². The predicted octanol–water partition coefficient (Wildman–Crippen LogP) is 3.39. The van der Waals surface area contributed by atoms with Crippen LogP contribution in [0.15, 0.2) is 76.0 Å². The molecule has 2 aromatic carbocycles. The second kappa shape index (κ2) is 8.41. The van der Waals surface area contributed by atoms with Crippen molar-refractivity contribution in [2.45, 2.75) is 19.1 Å². The zero-order valence-corrected chi connectivity index (χ0v) is 15.8. The number of carbonyl (C=O) groups is 1. The van der Waals surface area contributed by atoms with Crippen molar-refractivity contribution in [2.24, 2.45) is 15.3 Å². The molecule has 2 aromatic rings. The maximum absolute atomic E-state index is 13.2. The Hall–Kier alpha value is -2.90. The van der Waals surface area contributed by atoms with Gasteiger partial charge >= 0.3 is 0 Å². The van der Waals surface area contributed by atoms with Crippen LogP contribution in [0.2, 0.25) is 0 Å². The van der Waals surface area contributed by atoms with Crippen LogP contribution in [0, 0.1) is 0 Å². The van der Waals surface area contributed by atoms with E-state index in [4.69, 9.17) is 4.74 Å². The summed E-state index contributed by atoms with van der Waals surface area (Å²) in [5, 5.41) is 14.7. The minimum Gasteiger partial charge on any atom is -0.379 e. The molecule has 1 fully saturated rings. The van der Waals surface area contributed by atoms with Gasteiger partial charge in [-0.05, 0) is 24.6 Å². The van der Waals surface area contributed by atoms with Crippen LogP contribution in [-0.4, -0.2) is 53.9 Å². The molecule has 4 rings (SSSR count). The lowest BCUT2D eigenvalue weighted by Crippen LogP contribution is -2.47. The molecule has 0 bridgehead atoms. The Morgan fingerprint density at radius 3 is 2.36 bits per heavy atom. The van der Waals surface area contributed by atoms with Crippen LogP contribution < -0.4 is 0 Å². The molecule has 0 radical (unpaired) electrons. The van der Waals surface area contributed by atoms with E-state index in [9.17, 15) is 4.79 Å². The van der Waals surface area contributed by atoms with Gasteiger partial charge in [0.1, 0.15) is 6.17 Å². The van der Waals surface area contributed by atoms with Crippen molar-refractivity contribution in [3.63, 3.8) is 0 Å². The lowest BCUT2D eigenvalue weighted by molar-refractivity contribution is -0.138. The van der Waals surface area contributed by atoms with Crippen molar-refractivity contribution in [3.05, 3.63) is 66.2 Å². The predicted molar refractivity (Wildman–Crippen MR) is 106 cm³/mol. The number of morpholine rings is 1. The Kier molecular flexibility index (Phi) is 5.55. The van der Waals surface area contributed by atoms with E-state index in [1.54, 1.807) is 5.01 Å². The first-order chi connectivity index (χ1) is 13.7. The number of carbonyl (C=O) groups excluding carboxylic acids is 1. The Morgan fingerprint density at radius 2 is 1.68 bits per heavy atom. The maximum Gasteiger partial charge on any atom is 0.277 e. The van der Waals surface area contributed by atoms with Gasteiger partial charge in [0.15, 0.2) is 6.04 Å². The highest BCUT2D eigenvalue weighted by atomic mass is 16.5. The Morgan fingerprint density at radius 1 is 1.04 bits per heavy atom. The standard InChI is InChI=1S/C21H23N5O2/c1-16-19(23-22-18-10-6-3-7-11-18)21(27)26(24-16)20(17-8-4-2-5-9-17)25-12-14-28-15-13-25/h2-11,19-20H,12-15H2,1H3. The molecular weight excluding hydrogens is 354 g/mol. The second-order valence-corrected chi connectivity index (χ2v) is 6.81. The van der Waals surface area contributed by atoms with Crippen LogP contribution in [0.5, 0.6) is 0 Å². The number of hydrogen-bond acceptors (Lipinski definition) is 6. The smallest absolute Gasteiger partial charge is 0.277 e. The average molecular weight is 377 g/mol. The summed E-state index contributed by atoms with van der Waals surface area (Å²) in [6.07, 6.45) is -0.274. The number of ether oxygens (including phenoxy) is 1. The highest BCUT2D eigenvalue weighted by molar-refractivity contribution is 6.10. The van der Waals surface area contributed by atoms with E-state index in [2.05, 4.69) is 20.2 Å². The van der Waals surface area contributed by atoms with Gasteiger partial charge in [0.2, 0.25) is 0 Å². The highest BCUT2D eigenvalue weighted by Crippen LogP contribution is 2.30. The van der Waals surface area contributed by atoms with Crippen molar-refractivity contribution in [2.75, 3.05) is 26.3 Å². The molecule has 2 unspecified atom stereocenters. The Bertz CT molecular complexity index is 863. The fourth-order valence-electron chi connectivity index (χ4n) is 3.46. The summed E-state index contributed by atoms with van der Waals surface area (Å²) in [6.45, 7) is 4.60. The van der Waals surface area contributed by atoms with Crippen LogP contribution in [0.1, 0.15) is 18.7 Å². The highest BCUT2D eigenvalue weighted by Gasteiger charge is 2.41. The molecule has 1 amide bonds. The molecule has 0 spiro atoms. The van der Waals surface area contributed by atoms with E-state index in [0.717, 1.165) is 18.7 Å². The number of azo groups is 1. The first-order valence-corrected chi connectivity index (χ1v) is 9.45. The third kappa shape index (κ3) is 3.85. The second-order valence-electron chi connectivity index (χ2n) is 6.81. The lowest BCUT2D eigenvalue weighted by atomic mass is 10.1. The topological polar surface area (TPSA) is 69.9 Å². The van der Waals surface area contributed by atoms with Gasteiger partial charge in [-0.15, -0.1) is 0 Å². The minimum absolute atomic E-state index is 0.155. The van der Waals surface area contributed by atoms with Crippen molar-refractivity contribution >= 4 is 17.3 Å². The van der Waals surface area contributed by atoms with Crippen molar-refractivity contribution < 1.29 is 9.53 Å². The number of hydrazone groups is 1. The summed E-state index contributed by atoms with van der Waals surface area (Å²) < 4.78 is 5.49. The molecule has 0 N–H and O–H groups in total. The first kappa shape index (κ1) is 18.5. The zero-order chi connectivity index (χ0) is 19.3. The SMILES string of the molecule is CC1=NN(C(c2ccccc2)N2CCOCC2)C(=O)C1N=Nc1ccccc1. The summed E-state index contributed by atoms with van der Waals surface area (Å²) in [5.41, 5.74) is 2.39. The molecule has 1 saturated heterocycles. The van der Waals surface area contributed by atoms with Gasteiger partial charge in [-0.2, -0.15) is 15.3 Å². The summed E-state index contributed by atoms with van der Waals surface area (Å²) in [5.74, 6) is -0.155. The van der Waals surface area contributed by atoms with Crippen LogP contribution in [0.3, 0.4) is 0 Å². The van der Waals surface area contributed by atoms with Crippen molar-refractivity contribution in [1.29, 1.82) is 0 Å². The van der Waals surface area contributed by atoms with Crippen molar-refractivity contribution in [3.8, 4) is 0 Å². The van der Waals surface area contributed by atoms with Gasteiger partial charge in [-0.25, -0.2) is 5.01 Å². The first-order valence-electron chi connectivity index (χ1n) is 9.45. The molecule has 28 heavy (non-hydrogen) atoms. The summed E-state index contributed by atoms with van der Waals surface area (Å²) in [7, 11) is 0. The molecular formula is C21H23N5O2. The van der Waals surface area contributed by atoms with Gasteiger partial charge in [-0.3, -0.25) is 9.69 Å². The normalized spacial score (nSPS) is 21.9. The minimum atomic E-state index is -0.688. The van der Waals surface area contributed by atoms with E-state index in [0.29, 0.717) is 24.6 Å². The third-order valence-corrected chi connectivity index (χ3v) is 4.89. The number of benzene rings is 2. The van der Waals surface area contributed by atoms with Crippen LogP contribution in [0.4, 0.5) is 5.69 Å². The Labute approximate surface area is 164 Å². The van der Waals surface area contributed by atoms with Gasteiger partial charge in [0.05, 0.1) is 24.6 Å². The molecule has 7 nitrogen and oxygen atoms in total. The van der Waals surface area contributed by atoms with E-state index in [1.165, 1.54) is 0 Å². The maximum atomic E-state index is 13.2. The molecule has 0 aliphatic carbocycles. The summed E-state index contributed by atoms with van der Waals surface area (Å²) in [6, 6.07) is 18.7. The number of rotatable bonds is 5. The summed E-state index contributed by atoms with van der Waals surface area (Å²) in [4.78, 5) is 15.4. The molecule has 144 valence electrons. The average Bonchev–Trinajstić information content (AvgIpc) is 3.02. The molecule has 7 heteroatoms. The zero-order valence-electron chi connectivity index (χ0n) is 15.8. The number of hydrogen-bond donors (Lipinski definition) is 0. The van der Waals surface area contributed by atoms with Gasteiger partial charge in [0.25, 0.3) is 5.91 Å². The fraction of sp³-hybridized carbons (Fsp3) is 0.333. The van der Waals surface area contributed by atoms with E-state index >= 15 is 0 Å². The quantitative estimate of drug-likeness (QED) is 0.750. The van der Waals surface area contributed by atoms with E-state index in [-0.39, 0.29) is 12.1 Å². The molecule has 2 aliphatic heterocycles. The largest absolute Gasteiger partial charge is 0.379 e. The van der Waals surface area contributed by atoms with E-state index in [1.807, 2.05) is 67.6 Å². The Balaban J connectivity index is 1.60. The van der Waals surface area contributed by atoms with Gasteiger partial charge in [-0.1, -0.05) is 48.5 Å². The number of amides is 1. The molecule has 0 aromatic heterocycles. The van der Waals surface area contributed by atoms with Crippen molar-refractivity contribution in [1.82, 2.24) is 9.91 Å². The molecule has 2 aliphatic rings. The molecule has 2 heterocycles. The molecule has 2 atom stereocenters. The number of nitrogens with zero attached hydrogens (tertiary/aromatic N) is 5. The summed E-state index contributed by atoms with van der Waals surface area (Å²) >= 11 is 0. The van der Waals surface area contributed by atoms with Crippen LogP contribution in [0.25, 0.3) is 0 Å². The van der Waals surface area contributed by atoms with E-state index < -0.39 is 6.04 Å². The third-order valence-electron chi connectivity index (χ3n) is 4.89. The molecule has 0 saturated carbocycles.